The van der Waals surface area contributed by atoms with Crippen LogP contribution in [0.2, 0.25) is 5.02 Å². The molecule has 8 heteroatoms. The van der Waals surface area contributed by atoms with Crippen molar-refractivity contribution in [2.24, 2.45) is 0 Å². The minimum Gasteiger partial charge on any atom is -0.489 e. The molecule has 3 aromatic carbocycles. The fraction of sp³-hybridized carbons (Fsp3) is 0.241. The molecule has 0 bridgehead atoms. The Kier molecular flexibility index (Phi) is 6.67. The Morgan fingerprint density at radius 3 is 2.27 bits per heavy atom. The van der Waals surface area contributed by atoms with E-state index in [1.807, 2.05) is 42.5 Å². The van der Waals surface area contributed by atoms with Gasteiger partial charge in [-0.3, -0.25) is 9.59 Å². The fourth-order valence-electron chi connectivity index (χ4n) is 4.52. The quantitative estimate of drug-likeness (QED) is 0.463. The Bertz CT molecular complexity index is 1350. The van der Waals surface area contributed by atoms with Gasteiger partial charge in [0.2, 0.25) is 5.79 Å². The first-order chi connectivity index (χ1) is 17.8. The molecule has 3 aromatic rings. The molecule has 0 radical (unpaired) electrons. The molecular weight excluding hydrogens is 492 g/mol. The first-order valence-electron chi connectivity index (χ1n) is 12.0. The fourth-order valence-corrected chi connectivity index (χ4v) is 4.74. The van der Waals surface area contributed by atoms with Crippen LogP contribution in [0, 0.1) is 0 Å². The summed E-state index contributed by atoms with van der Waals surface area (Å²) in [7, 11) is 0. The van der Waals surface area contributed by atoms with Crippen LogP contribution in [0.25, 0.3) is 11.1 Å². The van der Waals surface area contributed by atoms with Crippen LogP contribution < -0.4 is 10.6 Å². The Hall–Kier alpha value is -3.81. The van der Waals surface area contributed by atoms with Gasteiger partial charge in [0, 0.05) is 19.4 Å². The highest BCUT2D eigenvalue weighted by molar-refractivity contribution is 6.33. The summed E-state index contributed by atoms with van der Waals surface area (Å²) in [6.45, 7) is 3.98. The molecule has 2 amide bonds. The number of carbonyl (C=O) groups is 2. The average molecular weight is 519 g/mol. The maximum Gasteiger partial charge on any atom is 0.253 e. The van der Waals surface area contributed by atoms with E-state index in [-0.39, 0.29) is 31.5 Å². The number of fused-ring (bicyclic) bond motifs is 1. The van der Waals surface area contributed by atoms with Crippen molar-refractivity contribution in [1.82, 2.24) is 10.6 Å². The minimum absolute atomic E-state index is 0.0927. The largest absolute Gasteiger partial charge is 0.489 e. The molecule has 37 heavy (non-hydrogen) atoms. The number of benzene rings is 3. The van der Waals surface area contributed by atoms with E-state index < -0.39 is 11.4 Å². The summed E-state index contributed by atoms with van der Waals surface area (Å²) in [5.41, 5.74) is 2.02. The van der Waals surface area contributed by atoms with E-state index in [0.29, 0.717) is 27.7 Å². The van der Waals surface area contributed by atoms with E-state index in [1.165, 1.54) is 0 Å². The van der Waals surface area contributed by atoms with Gasteiger partial charge in [-0.15, -0.1) is 0 Å². The first-order valence-corrected chi connectivity index (χ1v) is 12.4. The minimum atomic E-state index is -0.992. The predicted molar refractivity (Wildman–Crippen MR) is 140 cm³/mol. The van der Waals surface area contributed by atoms with E-state index in [2.05, 4.69) is 10.6 Å². The molecule has 1 saturated heterocycles. The second-order valence-electron chi connectivity index (χ2n) is 9.43. The van der Waals surface area contributed by atoms with Gasteiger partial charge in [0.25, 0.3) is 11.8 Å². The summed E-state index contributed by atoms with van der Waals surface area (Å²) >= 11 is 6.14. The molecule has 2 aliphatic rings. The Labute approximate surface area is 220 Å². The number of nitrogens with one attached hydrogen (secondary N) is 2. The lowest BCUT2D eigenvalue weighted by Gasteiger charge is -2.25. The molecule has 2 heterocycles. The maximum absolute atomic E-state index is 12.9. The zero-order valence-electron chi connectivity index (χ0n) is 20.5. The number of rotatable bonds is 7. The Balaban J connectivity index is 1.27. The number of hydrogen-bond acceptors (Lipinski definition) is 5. The second-order valence-corrected chi connectivity index (χ2v) is 9.83. The Morgan fingerprint density at radius 2 is 1.54 bits per heavy atom. The third-order valence-corrected chi connectivity index (χ3v) is 6.58. The molecule has 5 rings (SSSR count). The summed E-state index contributed by atoms with van der Waals surface area (Å²) < 4.78 is 18.1. The Morgan fingerprint density at radius 1 is 0.865 bits per heavy atom. The molecule has 2 aliphatic heterocycles. The summed E-state index contributed by atoms with van der Waals surface area (Å²) in [4.78, 5) is 25.6. The van der Waals surface area contributed by atoms with E-state index >= 15 is 0 Å². The van der Waals surface area contributed by atoms with Crippen molar-refractivity contribution in [3.05, 3.63) is 107 Å². The van der Waals surface area contributed by atoms with Gasteiger partial charge in [-0.05, 0) is 35.4 Å². The van der Waals surface area contributed by atoms with Crippen LogP contribution >= 0.6 is 11.6 Å². The molecule has 2 N–H and O–H groups in total. The number of halogens is 1. The van der Waals surface area contributed by atoms with E-state index in [1.54, 1.807) is 50.2 Å². The third kappa shape index (κ3) is 5.19. The average Bonchev–Trinajstić information content (AvgIpc) is 3.36. The van der Waals surface area contributed by atoms with Crippen LogP contribution in [0.15, 0.2) is 90.4 Å². The highest BCUT2D eigenvalue weighted by Gasteiger charge is 2.56. The summed E-state index contributed by atoms with van der Waals surface area (Å²) in [6, 6.07) is 24.2. The van der Waals surface area contributed by atoms with Gasteiger partial charge >= 0.3 is 0 Å². The highest BCUT2D eigenvalue weighted by atomic mass is 35.5. The summed E-state index contributed by atoms with van der Waals surface area (Å²) in [5.74, 6) is -0.560. The molecule has 0 spiro atoms. The smallest absolute Gasteiger partial charge is 0.253 e. The van der Waals surface area contributed by atoms with Crippen molar-refractivity contribution < 1.29 is 23.8 Å². The molecule has 1 atom stereocenters. The zero-order chi connectivity index (χ0) is 26.0. The van der Waals surface area contributed by atoms with Crippen LogP contribution in [-0.2, 0) is 14.2 Å². The van der Waals surface area contributed by atoms with Gasteiger partial charge in [-0.1, -0.05) is 66.2 Å². The van der Waals surface area contributed by atoms with Crippen LogP contribution in [0.3, 0.4) is 0 Å². The standard InChI is InChI=1S/C29H27ClN2O5/c1-28(2)36-25-24(16-31-27(34)22-10-6-7-11-23(22)30)35-18-29(25,37-28)17-32-26(33)21-14-12-20(13-15-21)19-8-4-3-5-9-19/h3-15H,16-18H2,1-2H3,(H,31,34)(H,32,33)/t29-/m0/s1. The van der Waals surface area contributed by atoms with Crippen molar-refractivity contribution in [1.29, 1.82) is 0 Å². The maximum atomic E-state index is 12.9. The normalized spacial score (nSPS) is 19.5. The lowest BCUT2D eigenvalue weighted by Crippen LogP contribution is -2.46. The first kappa shape index (κ1) is 24.9. The van der Waals surface area contributed by atoms with Gasteiger partial charge in [0.1, 0.15) is 6.61 Å². The molecule has 190 valence electrons. The molecule has 0 saturated carbocycles. The molecule has 0 aliphatic carbocycles. The van der Waals surface area contributed by atoms with E-state index in [4.69, 9.17) is 25.8 Å². The summed E-state index contributed by atoms with van der Waals surface area (Å²) in [5, 5.41) is 6.14. The lowest BCUT2D eigenvalue weighted by atomic mass is 10.0. The highest BCUT2D eigenvalue weighted by Crippen LogP contribution is 2.45. The SMILES string of the molecule is CC1(C)OC2=C(CNC(=O)c3ccccc3Cl)OC[C@]2(CNC(=O)c2ccc(-c3ccccc3)cc2)O1. The molecular formula is C29H27ClN2O5. The van der Waals surface area contributed by atoms with E-state index in [0.717, 1.165) is 11.1 Å². The number of ether oxygens (including phenoxy) is 3. The monoisotopic (exact) mass is 518 g/mol. The third-order valence-electron chi connectivity index (χ3n) is 6.25. The summed E-state index contributed by atoms with van der Waals surface area (Å²) in [6.07, 6.45) is 0. The predicted octanol–water partition coefficient (Wildman–Crippen LogP) is 4.93. The van der Waals surface area contributed by atoms with Crippen molar-refractivity contribution >= 4 is 23.4 Å². The van der Waals surface area contributed by atoms with Crippen LogP contribution in [0.1, 0.15) is 34.6 Å². The molecule has 0 unspecified atom stereocenters. The molecule has 7 nitrogen and oxygen atoms in total. The van der Waals surface area contributed by atoms with Crippen molar-refractivity contribution in [3.63, 3.8) is 0 Å². The number of amides is 2. The van der Waals surface area contributed by atoms with Gasteiger partial charge in [0.05, 0.1) is 23.7 Å². The van der Waals surface area contributed by atoms with E-state index in [9.17, 15) is 9.59 Å². The second kappa shape index (κ2) is 9.92. The number of carbonyl (C=O) groups excluding carboxylic acids is 2. The topological polar surface area (TPSA) is 85.9 Å². The van der Waals surface area contributed by atoms with Gasteiger partial charge in [-0.25, -0.2) is 0 Å². The van der Waals surface area contributed by atoms with Crippen molar-refractivity contribution in [2.75, 3.05) is 19.7 Å². The van der Waals surface area contributed by atoms with Crippen LogP contribution in [-0.4, -0.2) is 42.9 Å². The van der Waals surface area contributed by atoms with Crippen molar-refractivity contribution in [2.45, 2.75) is 25.2 Å². The molecule has 0 aromatic heterocycles. The zero-order valence-corrected chi connectivity index (χ0v) is 21.3. The number of hydrogen-bond donors (Lipinski definition) is 2. The van der Waals surface area contributed by atoms with Crippen LogP contribution in [0.4, 0.5) is 0 Å². The van der Waals surface area contributed by atoms with Crippen LogP contribution in [0.5, 0.6) is 0 Å². The van der Waals surface area contributed by atoms with Crippen molar-refractivity contribution in [3.8, 4) is 11.1 Å². The van der Waals surface area contributed by atoms with Gasteiger partial charge in [-0.2, -0.15) is 0 Å². The molecule has 1 fully saturated rings. The van der Waals surface area contributed by atoms with Gasteiger partial charge < -0.3 is 24.8 Å². The lowest BCUT2D eigenvalue weighted by molar-refractivity contribution is -0.170. The van der Waals surface area contributed by atoms with Gasteiger partial charge in [0.15, 0.2) is 17.1 Å².